The lowest BCUT2D eigenvalue weighted by atomic mass is 9.85. The molecule has 2 N–H and O–H groups in total. The van der Waals surface area contributed by atoms with E-state index in [2.05, 4.69) is 24.5 Å². The van der Waals surface area contributed by atoms with E-state index in [0.717, 1.165) is 29.5 Å². The standard InChI is InChI=1S/C22H37N3O2S/c1-4-23-22(25-18(2)10-11-19-8-6-5-7-9-19)24-16-20-12-14-21(15-13-20)17-28(3,26)27/h12-15,18-19H,4-11,16-17H2,1-3H3,(H2,23,24,25). The second kappa shape index (κ2) is 11.4. The van der Waals surface area contributed by atoms with E-state index in [-0.39, 0.29) is 5.75 Å². The first-order valence-electron chi connectivity index (χ1n) is 10.7. The number of sulfone groups is 1. The zero-order valence-corrected chi connectivity index (χ0v) is 18.5. The van der Waals surface area contributed by atoms with Gasteiger partial charge >= 0.3 is 0 Å². The Bertz CT molecular complexity index is 708. The van der Waals surface area contributed by atoms with Crippen molar-refractivity contribution in [3.63, 3.8) is 0 Å². The lowest BCUT2D eigenvalue weighted by molar-refractivity contribution is 0.322. The van der Waals surface area contributed by atoms with Crippen molar-refractivity contribution >= 4 is 15.8 Å². The third kappa shape index (κ3) is 9.09. The molecular formula is C22H37N3O2S. The zero-order chi connectivity index (χ0) is 20.4. The molecule has 1 unspecified atom stereocenters. The van der Waals surface area contributed by atoms with E-state index in [1.165, 1.54) is 51.2 Å². The molecule has 0 aliphatic heterocycles. The number of guanidine groups is 1. The van der Waals surface area contributed by atoms with Crippen LogP contribution >= 0.6 is 0 Å². The quantitative estimate of drug-likeness (QED) is 0.479. The Morgan fingerprint density at radius 2 is 1.79 bits per heavy atom. The van der Waals surface area contributed by atoms with Crippen LogP contribution in [0.1, 0.15) is 69.9 Å². The molecule has 28 heavy (non-hydrogen) atoms. The van der Waals surface area contributed by atoms with Gasteiger partial charge in [0, 0.05) is 18.8 Å². The van der Waals surface area contributed by atoms with Gasteiger partial charge in [0.15, 0.2) is 15.8 Å². The first-order chi connectivity index (χ1) is 13.4. The van der Waals surface area contributed by atoms with Crippen LogP contribution in [-0.4, -0.2) is 33.2 Å². The van der Waals surface area contributed by atoms with Crippen LogP contribution in [0.25, 0.3) is 0 Å². The van der Waals surface area contributed by atoms with E-state index < -0.39 is 9.84 Å². The van der Waals surface area contributed by atoms with E-state index in [0.29, 0.717) is 12.6 Å². The molecular weight excluding hydrogens is 370 g/mol. The summed E-state index contributed by atoms with van der Waals surface area (Å²) in [6.07, 6.45) is 10.8. The normalized spacial score (nSPS) is 17.3. The summed E-state index contributed by atoms with van der Waals surface area (Å²) in [7, 11) is -3.00. The molecule has 0 bridgehead atoms. The van der Waals surface area contributed by atoms with Crippen molar-refractivity contribution in [2.45, 2.75) is 77.1 Å². The highest BCUT2D eigenvalue weighted by molar-refractivity contribution is 7.89. The monoisotopic (exact) mass is 407 g/mol. The molecule has 1 fully saturated rings. The van der Waals surface area contributed by atoms with Crippen LogP contribution in [0.2, 0.25) is 0 Å². The Morgan fingerprint density at radius 1 is 1.14 bits per heavy atom. The molecule has 6 heteroatoms. The first kappa shape index (κ1) is 22.7. The van der Waals surface area contributed by atoms with Crippen LogP contribution in [-0.2, 0) is 22.1 Å². The van der Waals surface area contributed by atoms with Crippen LogP contribution in [0.3, 0.4) is 0 Å². The number of benzene rings is 1. The SMILES string of the molecule is CCNC(=NCc1ccc(CS(C)(=O)=O)cc1)NC(C)CCC1CCCCC1. The average molecular weight is 408 g/mol. The zero-order valence-electron chi connectivity index (χ0n) is 17.7. The fourth-order valence-electron chi connectivity index (χ4n) is 3.80. The molecule has 0 radical (unpaired) electrons. The van der Waals surface area contributed by atoms with Crippen LogP contribution in [0, 0.1) is 5.92 Å². The summed E-state index contributed by atoms with van der Waals surface area (Å²) in [4.78, 5) is 4.70. The first-order valence-corrected chi connectivity index (χ1v) is 12.7. The van der Waals surface area contributed by atoms with Gasteiger partial charge in [0.2, 0.25) is 0 Å². The number of rotatable bonds is 9. The summed E-state index contributed by atoms with van der Waals surface area (Å²) in [5, 5.41) is 6.85. The number of nitrogens with one attached hydrogen (secondary N) is 2. The van der Waals surface area contributed by atoms with Gasteiger partial charge < -0.3 is 10.6 Å². The Morgan fingerprint density at radius 3 is 2.39 bits per heavy atom. The summed E-state index contributed by atoms with van der Waals surface area (Å²) < 4.78 is 22.8. The van der Waals surface area contributed by atoms with Gasteiger partial charge in [0.25, 0.3) is 0 Å². The highest BCUT2D eigenvalue weighted by Gasteiger charge is 2.15. The maximum absolute atomic E-state index is 11.4. The minimum absolute atomic E-state index is 0.0826. The average Bonchev–Trinajstić information content (AvgIpc) is 2.65. The molecule has 1 saturated carbocycles. The third-order valence-corrected chi connectivity index (χ3v) is 6.19. The Balaban J connectivity index is 1.84. The molecule has 5 nitrogen and oxygen atoms in total. The fourth-order valence-corrected chi connectivity index (χ4v) is 4.60. The van der Waals surface area contributed by atoms with E-state index in [1.807, 2.05) is 24.3 Å². The molecule has 1 atom stereocenters. The van der Waals surface area contributed by atoms with Crippen molar-refractivity contribution < 1.29 is 8.42 Å². The van der Waals surface area contributed by atoms with Gasteiger partial charge in [0.1, 0.15) is 0 Å². The lowest BCUT2D eigenvalue weighted by Crippen LogP contribution is -2.42. The maximum Gasteiger partial charge on any atom is 0.191 e. The largest absolute Gasteiger partial charge is 0.357 e. The number of hydrogen-bond donors (Lipinski definition) is 2. The highest BCUT2D eigenvalue weighted by atomic mass is 32.2. The second-order valence-corrected chi connectivity index (χ2v) is 10.3. The summed E-state index contributed by atoms with van der Waals surface area (Å²) in [6, 6.07) is 8.06. The number of aliphatic imine (C=N–C) groups is 1. The van der Waals surface area contributed by atoms with Crippen LogP contribution < -0.4 is 10.6 Å². The van der Waals surface area contributed by atoms with E-state index in [9.17, 15) is 8.42 Å². The highest BCUT2D eigenvalue weighted by Crippen LogP contribution is 2.27. The van der Waals surface area contributed by atoms with Gasteiger partial charge in [-0.3, -0.25) is 0 Å². The van der Waals surface area contributed by atoms with Crippen LogP contribution in [0.4, 0.5) is 0 Å². The number of nitrogens with zero attached hydrogens (tertiary/aromatic N) is 1. The van der Waals surface area contributed by atoms with Gasteiger partial charge in [-0.1, -0.05) is 56.4 Å². The minimum Gasteiger partial charge on any atom is -0.357 e. The predicted octanol–water partition coefficient (Wildman–Crippen LogP) is 4.04. The van der Waals surface area contributed by atoms with Crippen molar-refractivity contribution in [2.24, 2.45) is 10.9 Å². The summed E-state index contributed by atoms with van der Waals surface area (Å²) in [5.41, 5.74) is 1.89. The fraction of sp³-hybridized carbons (Fsp3) is 0.682. The molecule has 1 aromatic carbocycles. The van der Waals surface area contributed by atoms with Crippen molar-refractivity contribution in [1.82, 2.24) is 10.6 Å². The molecule has 0 heterocycles. The molecule has 1 aliphatic carbocycles. The van der Waals surface area contributed by atoms with Crippen molar-refractivity contribution in [2.75, 3.05) is 12.8 Å². The Hall–Kier alpha value is -1.56. The molecule has 1 aliphatic rings. The molecule has 0 spiro atoms. The molecule has 158 valence electrons. The van der Waals surface area contributed by atoms with Gasteiger partial charge in [-0.05, 0) is 43.7 Å². The Kier molecular flexibility index (Phi) is 9.29. The van der Waals surface area contributed by atoms with E-state index in [1.54, 1.807) is 0 Å². The summed E-state index contributed by atoms with van der Waals surface area (Å²) in [5.74, 6) is 1.83. The van der Waals surface area contributed by atoms with E-state index >= 15 is 0 Å². The van der Waals surface area contributed by atoms with Crippen molar-refractivity contribution in [3.05, 3.63) is 35.4 Å². The summed E-state index contributed by atoms with van der Waals surface area (Å²) >= 11 is 0. The van der Waals surface area contributed by atoms with Gasteiger partial charge in [-0.15, -0.1) is 0 Å². The maximum atomic E-state index is 11.4. The molecule has 0 saturated heterocycles. The van der Waals surface area contributed by atoms with Gasteiger partial charge in [0.05, 0.1) is 12.3 Å². The number of hydrogen-bond acceptors (Lipinski definition) is 3. The molecule has 2 rings (SSSR count). The molecule has 0 amide bonds. The topological polar surface area (TPSA) is 70.6 Å². The van der Waals surface area contributed by atoms with Crippen molar-refractivity contribution in [3.8, 4) is 0 Å². The molecule has 1 aromatic rings. The summed E-state index contributed by atoms with van der Waals surface area (Å²) in [6.45, 7) is 5.71. The predicted molar refractivity (Wildman–Crippen MR) is 118 cm³/mol. The van der Waals surface area contributed by atoms with E-state index in [4.69, 9.17) is 4.99 Å². The second-order valence-electron chi connectivity index (χ2n) is 8.21. The van der Waals surface area contributed by atoms with Gasteiger partial charge in [-0.25, -0.2) is 13.4 Å². The smallest absolute Gasteiger partial charge is 0.191 e. The third-order valence-electron chi connectivity index (χ3n) is 5.33. The van der Waals surface area contributed by atoms with Gasteiger partial charge in [-0.2, -0.15) is 0 Å². The minimum atomic E-state index is -3.00. The van der Waals surface area contributed by atoms with Crippen LogP contribution in [0.5, 0.6) is 0 Å². The van der Waals surface area contributed by atoms with Crippen molar-refractivity contribution in [1.29, 1.82) is 0 Å². The Labute approximate surface area is 171 Å². The van der Waals surface area contributed by atoms with Crippen LogP contribution in [0.15, 0.2) is 29.3 Å². The lowest BCUT2D eigenvalue weighted by Gasteiger charge is -2.24. The molecule has 0 aromatic heterocycles.